The Morgan fingerprint density at radius 1 is 1.09 bits per heavy atom. The van der Waals surface area contributed by atoms with Gasteiger partial charge in [-0.25, -0.2) is 0 Å². The van der Waals surface area contributed by atoms with Crippen molar-refractivity contribution in [3.8, 4) is 0 Å². The minimum absolute atomic E-state index is 0.0642. The normalized spacial score (nSPS) is 21.9. The van der Waals surface area contributed by atoms with E-state index in [1.807, 2.05) is 30.3 Å². The van der Waals surface area contributed by atoms with E-state index >= 15 is 0 Å². The van der Waals surface area contributed by atoms with Gasteiger partial charge in [0, 0.05) is 29.1 Å². The van der Waals surface area contributed by atoms with Crippen molar-refractivity contribution in [3.05, 3.63) is 69.3 Å². The Hall–Kier alpha value is -1.40. The molecule has 1 aliphatic heterocycles. The summed E-state index contributed by atoms with van der Waals surface area (Å²) in [6.07, 6.45) is 0. The Bertz CT molecular complexity index is 659. The van der Waals surface area contributed by atoms with E-state index in [-0.39, 0.29) is 11.8 Å². The fraction of sp³-hybridized carbons (Fsp3) is 0.278. The first-order chi connectivity index (χ1) is 10.6. The van der Waals surface area contributed by atoms with Gasteiger partial charge in [-0.3, -0.25) is 9.69 Å². The molecular weight excluding hydrogens is 389 g/mol. The van der Waals surface area contributed by atoms with Gasteiger partial charge in [-0.15, -0.1) is 0 Å². The highest BCUT2D eigenvalue weighted by Gasteiger charge is 2.39. The molecule has 3 nitrogen and oxygen atoms in total. The molecule has 2 aromatic carbocycles. The highest BCUT2D eigenvalue weighted by molar-refractivity contribution is 14.1. The van der Waals surface area contributed by atoms with Crippen LogP contribution in [0.25, 0.3) is 0 Å². The summed E-state index contributed by atoms with van der Waals surface area (Å²) in [7, 11) is 0. The lowest BCUT2D eigenvalue weighted by Crippen LogP contribution is -2.23. The minimum atomic E-state index is -0.694. The van der Waals surface area contributed by atoms with Crippen molar-refractivity contribution in [1.82, 2.24) is 4.90 Å². The number of carboxylic acids is 1. The Morgan fingerprint density at radius 3 is 2.45 bits per heavy atom. The molecule has 0 saturated carbocycles. The molecule has 0 spiro atoms. The third kappa shape index (κ3) is 3.33. The fourth-order valence-electron chi connectivity index (χ4n) is 3.20. The van der Waals surface area contributed by atoms with Crippen LogP contribution in [-0.2, 0) is 11.3 Å². The number of carbonyl (C=O) groups is 1. The van der Waals surface area contributed by atoms with Gasteiger partial charge in [0.2, 0.25) is 0 Å². The second-order valence-corrected chi connectivity index (χ2v) is 6.91. The molecule has 1 saturated heterocycles. The van der Waals surface area contributed by atoms with Crippen LogP contribution in [0.4, 0.5) is 0 Å². The maximum Gasteiger partial charge on any atom is 0.308 e. The van der Waals surface area contributed by atoms with Crippen molar-refractivity contribution in [2.45, 2.75) is 12.5 Å². The molecule has 0 aromatic heterocycles. The molecule has 1 N–H and O–H groups in total. The van der Waals surface area contributed by atoms with Gasteiger partial charge in [-0.2, -0.15) is 0 Å². The van der Waals surface area contributed by atoms with Crippen LogP contribution in [0.2, 0.25) is 0 Å². The Kier molecular flexibility index (Phi) is 4.78. The fourth-order valence-corrected chi connectivity index (χ4v) is 3.98. The zero-order chi connectivity index (χ0) is 15.5. The number of aliphatic carboxylic acids is 1. The lowest BCUT2D eigenvalue weighted by molar-refractivity contribution is -0.141. The zero-order valence-electron chi connectivity index (χ0n) is 12.2. The first-order valence-electron chi connectivity index (χ1n) is 7.38. The molecule has 0 amide bonds. The third-order valence-corrected chi connectivity index (χ3v) is 5.25. The summed E-state index contributed by atoms with van der Waals surface area (Å²) < 4.78 is 1.15. The summed E-state index contributed by atoms with van der Waals surface area (Å²) in [6, 6.07) is 18.3. The second kappa shape index (κ2) is 6.79. The highest BCUT2D eigenvalue weighted by atomic mass is 127. The largest absolute Gasteiger partial charge is 0.481 e. The number of nitrogens with zero attached hydrogens (tertiary/aromatic N) is 1. The van der Waals surface area contributed by atoms with E-state index in [0.717, 1.165) is 22.2 Å². The maximum atomic E-state index is 11.7. The molecule has 2 aromatic rings. The predicted molar refractivity (Wildman–Crippen MR) is 94.7 cm³/mol. The first kappa shape index (κ1) is 15.5. The van der Waals surface area contributed by atoms with Gasteiger partial charge in [-0.1, -0.05) is 48.5 Å². The summed E-state index contributed by atoms with van der Waals surface area (Å²) in [5, 5.41) is 9.59. The number of rotatable bonds is 4. The first-order valence-corrected chi connectivity index (χ1v) is 8.46. The molecule has 4 heteroatoms. The number of halogens is 1. The maximum absolute atomic E-state index is 11.7. The van der Waals surface area contributed by atoms with Gasteiger partial charge < -0.3 is 5.11 Å². The lowest BCUT2D eigenvalue weighted by Gasteiger charge is -2.17. The average molecular weight is 407 g/mol. The van der Waals surface area contributed by atoms with Crippen molar-refractivity contribution in [2.75, 3.05) is 13.1 Å². The van der Waals surface area contributed by atoms with Crippen LogP contribution in [0.5, 0.6) is 0 Å². The van der Waals surface area contributed by atoms with E-state index in [0.29, 0.717) is 6.54 Å². The van der Waals surface area contributed by atoms with Crippen LogP contribution in [0.3, 0.4) is 0 Å². The van der Waals surface area contributed by atoms with Crippen molar-refractivity contribution in [2.24, 2.45) is 5.92 Å². The van der Waals surface area contributed by atoms with Gasteiger partial charge >= 0.3 is 5.97 Å². The monoisotopic (exact) mass is 407 g/mol. The number of likely N-dealkylation sites (tertiary alicyclic amines) is 1. The second-order valence-electron chi connectivity index (χ2n) is 5.75. The van der Waals surface area contributed by atoms with Crippen molar-refractivity contribution < 1.29 is 9.90 Å². The lowest BCUT2D eigenvalue weighted by atomic mass is 9.89. The Morgan fingerprint density at radius 2 is 1.77 bits per heavy atom. The van der Waals surface area contributed by atoms with E-state index in [1.165, 1.54) is 5.56 Å². The summed E-state index contributed by atoms with van der Waals surface area (Å²) >= 11 is 2.30. The number of carboxylic acid groups (broad SMARTS) is 1. The summed E-state index contributed by atoms with van der Waals surface area (Å²) in [6.45, 7) is 2.22. The van der Waals surface area contributed by atoms with Crippen molar-refractivity contribution in [1.29, 1.82) is 0 Å². The molecule has 1 fully saturated rings. The van der Waals surface area contributed by atoms with Crippen molar-refractivity contribution in [3.63, 3.8) is 0 Å². The van der Waals surface area contributed by atoms with Crippen LogP contribution in [0.15, 0.2) is 54.6 Å². The quantitative estimate of drug-likeness (QED) is 0.788. The number of hydrogen-bond acceptors (Lipinski definition) is 2. The Labute approximate surface area is 144 Å². The van der Waals surface area contributed by atoms with E-state index < -0.39 is 5.97 Å². The van der Waals surface area contributed by atoms with E-state index in [2.05, 4.69) is 51.8 Å². The van der Waals surface area contributed by atoms with Crippen LogP contribution in [-0.4, -0.2) is 29.1 Å². The van der Waals surface area contributed by atoms with E-state index in [9.17, 15) is 9.90 Å². The average Bonchev–Trinajstić information content (AvgIpc) is 2.92. The number of hydrogen-bond donors (Lipinski definition) is 1. The molecule has 114 valence electrons. The molecule has 1 aliphatic rings. The van der Waals surface area contributed by atoms with Crippen LogP contribution in [0.1, 0.15) is 17.0 Å². The van der Waals surface area contributed by atoms with Crippen molar-refractivity contribution >= 4 is 28.6 Å². The van der Waals surface area contributed by atoms with E-state index in [4.69, 9.17) is 0 Å². The molecule has 22 heavy (non-hydrogen) atoms. The summed E-state index contributed by atoms with van der Waals surface area (Å²) in [5.74, 6) is -0.964. The van der Waals surface area contributed by atoms with Gasteiger partial charge in [0.25, 0.3) is 0 Å². The zero-order valence-corrected chi connectivity index (χ0v) is 14.3. The van der Waals surface area contributed by atoms with E-state index in [1.54, 1.807) is 0 Å². The molecular formula is C18H18INO2. The summed E-state index contributed by atoms with van der Waals surface area (Å²) in [4.78, 5) is 13.9. The van der Waals surface area contributed by atoms with Crippen LogP contribution >= 0.6 is 22.6 Å². The molecule has 3 rings (SSSR count). The standard InChI is InChI=1S/C18H18INO2/c19-17-9-5-4-8-14(17)15-11-20(12-16(15)18(21)22)10-13-6-2-1-3-7-13/h1-9,15-16H,10-12H2,(H,21,22)/t15-,16+/m0/s1. The molecule has 0 unspecified atom stereocenters. The molecule has 1 heterocycles. The SMILES string of the molecule is O=C(O)[C@@H]1CN(Cc2ccccc2)C[C@H]1c1ccccc1I. The summed E-state index contributed by atoms with van der Waals surface area (Å²) in [5.41, 5.74) is 2.39. The third-order valence-electron chi connectivity index (χ3n) is 4.27. The van der Waals surface area contributed by atoms with Gasteiger partial charge in [0.15, 0.2) is 0 Å². The van der Waals surface area contributed by atoms with Crippen LogP contribution < -0.4 is 0 Å². The molecule has 0 bridgehead atoms. The predicted octanol–water partition coefficient (Wildman–Crippen LogP) is 3.59. The van der Waals surface area contributed by atoms with Crippen LogP contribution in [0, 0.1) is 9.49 Å². The van der Waals surface area contributed by atoms with Gasteiger partial charge in [0.05, 0.1) is 5.92 Å². The van der Waals surface area contributed by atoms with Gasteiger partial charge in [-0.05, 0) is 39.8 Å². The molecule has 2 atom stereocenters. The highest BCUT2D eigenvalue weighted by Crippen LogP contribution is 2.35. The number of benzene rings is 2. The smallest absolute Gasteiger partial charge is 0.308 e. The Balaban J connectivity index is 1.81. The minimum Gasteiger partial charge on any atom is -0.481 e. The molecule has 0 radical (unpaired) electrons. The van der Waals surface area contributed by atoms with Gasteiger partial charge in [0.1, 0.15) is 0 Å². The topological polar surface area (TPSA) is 40.5 Å². The molecule has 0 aliphatic carbocycles.